The summed E-state index contributed by atoms with van der Waals surface area (Å²) in [4.78, 5) is 11.3. The molecule has 0 N–H and O–H groups in total. The third kappa shape index (κ3) is 4.73. The monoisotopic (exact) mass is 366 g/mol. The second-order valence-electron chi connectivity index (χ2n) is 6.75. The van der Waals surface area contributed by atoms with E-state index in [0.29, 0.717) is 6.61 Å². The van der Waals surface area contributed by atoms with E-state index >= 15 is 0 Å². The molecule has 0 bridgehead atoms. The van der Waals surface area contributed by atoms with E-state index in [-0.39, 0.29) is 5.97 Å². The van der Waals surface area contributed by atoms with Gasteiger partial charge in [-0.2, -0.15) is 0 Å². The van der Waals surface area contributed by atoms with E-state index in [4.69, 9.17) is 4.74 Å². The summed E-state index contributed by atoms with van der Waals surface area (Å²) in [6.07, 6.45) is 2.37. The molecule has 2 rings (SSSR count). The average Bonchev–Trinajstić information content (AvgIpc) is 2.68. The van der Waals surface area contributed by atoms with Gasteiger partial charge in [0.05, 0.1) is 8.07 Å². The number of ether oxygens (including phenoxy) is 1. The van der Waals surface area contributed by atoms with Crippen LogP contribution in [0.25, 0.3) is 11.3 Å². The molecule has 2 aromatic rings. The van der Waals surface area contributed by atoms with Gasteiger partial charge in [-0.05, 0) is 16.7 Å². The molecule has 0 aliphatic carbocycles. The maximum absolute atomic E-state index is 11.3. The van der Waals surface area contributed by atoms with Gasteiger partial charge in [0.1, 0.15) is 6.61 Å². The van der Waals surface area contributed by atoms with Crippen LogP contribution in [0.1, 0.15) is 44.4 Å². The Bertz CT molecular complexity index is 738. The fourth-order valence-electron chi connectivity index (χ4n) is 3.64. The van der Waals surface area contributed by atoms with E-state index in [1.165, 1.54) is 41.4 Å². The zero-order valence-corrected chi connectivity index (χ0v) is 17.4. The first-order valence-corrected chi connectivity index (χ1v) is 12.2. The molecule has 0 radical (unpaired) electrons. The largest absolute Gasteiger partial charge is 0.461 e. The Morgan fingerprint density at radius 2 is 1.50 bits per heavy atom. The Labute approximate surface area is 158 Å². The number of carbonyl (C=O) groups excluding carboxylic acids is 1. The lowest BCUT2D eigenvalue weighted by Crippen LogP contribution is -2.34. The molecule has 0 aliphatic heterocycles. The summed E-state index contributed by atoms with van der Waals surface area (Å²) in [6, 6.07) is 22.6. The number of hydrogen-bond donors (Lipinski definition) is 0. The lowest BCUT2D eigenvalue weighted by Gasteiger charge is -2.33. The summed E-state index contributed by atoms with van der Waals surface area (Å²) in [5.41, 5.74) is 3.57. The van der Waals surface area contributed by atoms with Crippen LogP contribution in [0.4, 0.5) is 0 Å². The Hall–Kier alpha value is -2.13. The van der Waals surface area contributed by atoms with E-state index in [9.17, 15) is 4.79 Å². The molecule has 0 aromatic heterocycles. The highest BCUT2D eigenvalue weighted by molar-refractivity contribution is 6.97. The summed E-state index contributed by atoms with van der Waals surface area (Å²) < 4.78 is 5.33. The van der Waals surface area contributed by atoms with Crippen LogP contribution in [-0.4, -0.2) is 14.0 Å². The molecule has 2 nitrogen and oxygen atoms in total. The Balaban J connectivity index is 2.62. The number of esters is 1. The first kappa shape index (κ1) is 20.2. The highest BCUT2D eigenvalue weighted by Crippen LogP contribution is 2.38. The van der Waals surface area contributed by atoms with Gasteiger partial charge in [0, 0.05) is 6.92 Å². The minimum absolute atomic E-state index is 0.238. The molecule has 3 heteroatoms. The van der Waals surface area contributed by atoms with Crippen LogP contribution in [-0.2, 0) is 16.1 Å². The molecule has 0 heterocycles. The highest BCUT2D eigenvalue weighted by atomic mass is 28.3. The van der Waals surface area contributed by atoms with Gasteiger partial charge < -0.3 is 4.74 Å². The summed E-state index contributed by atoms with van der Waals surface area (Å²) in [6.45, 7) is 8.78. The molecule has 0 fully saturated rings. The average molecular weight is 367 g/mol. The molecular formula is C23H30O2Si. The van der Waals surface area contributed by atoms with Crippen LogP contribution < -0.4 is 0 Å². The van der Waals surface area contributed by atoms with E-state index in [1.807, 2.05) is 6.07 Å². The van der Waals surface area contributed by atoms with Crippen molar-refractivity contribution in [2.24, 2.45) is 0 Å². The molecule has 0 saturated carbocycles. The topological polar surface area (TPSA) is 26.3 Å². The van der Waals surface area contributed by atoms with Crippen LogP contribution in [0.3, 0.4) is 0 Å². The first-order chi connectivity index (χ1) is 12.6. The van der Waals surface area contributed by atoms with Crippen molar-refractivity contribution in [1.82, 2.24) is 0 Å². The maximum Gasteiger partial charge on any atom is 0.302 e. The molecule has 0 amide bonds. The lowest BCUT2D eigenvalue weighted by molar-refractivity contribution is -0.142. The standard InChI is InChI=1S/C23H30O2Si/c1-5-26(6-2,7-3)23(17-20-13-9-8-10-14-20)22-16-12-11-15-21(22)18-25-19(4)24/h8-17H,5-7,18H2,1-4H3/b23-17-. The summed E-state index contributed by atoms with van der Waals surface area (Å²) in [5.74, 6) is -0.238. The Morgan fingerprint density at radius 3 is 2.08 bits per heavy atom. The van der Waals surface area contributed by atoms with Crippen molar-refractivity contribution in [1.29, 1.82) is 0 Å². The van der Waals surface area contributed by atoms with E-state index in [2.05, 4.69) is 75.4 Å². The van der Waals surface area contributed by atoms with Gasteiger partial charge in [-0.25, -0.2) is 0 Å². The lowest BCUT2D eigenvalue weighted by atomic mass is 10.1. The van der Waals surface area contributed by atoms with E-state index in [1.54, 1.807) is 0 Å². The highest BCUT2D eigenvalue weighted by Gasteiger charge is 2.33. The molecule has 0 aliphatic rings. The van der Waals surface area contributed by atoms with Gasteiger partial charge in [0.25, 0.3) is 0 Å². The van der Waals surface area contributed by atoms with Crippen LogP contribution in [0.5, 0.6) is 0 Å². The molecule has 138 valence electrons. The number of rotatable bonds is 8. The van der Waals surface area contributed by atoms with Crippen molar-refractivity contribution in [3.05, 3.63) is 71.3 Å². The normalized spacial score (nSPS) is 12.1. The van der Waals surface area contributed by atoms with Gasteiger partial charge in [0.2, 0.25) is 0 Å². The van der Waals surface area contributed by atoms with Crippen LogP contribution in [0.2, 0.25) is 18.1 Å². The van der Waals surface area contributed by atoms with Gasteiger partial charge in [-0.3, -0.25) is 4.79 Å². The summed E-state index contributed by atoms with van der Waals surface area (Å²) in [7, 11) is -1.64. The van der Waals surface area contributed by atoms with Crippen molar-refractivity contribution in [2.75, 3.05) is 0 Å². The minimum atomic E-state index is -1.64. The van der Waals surface area contributed by atoms with Crippen LogP contribution >= 0.6 is 0 Å². The first-order valence-electron chi connectivity index (χ1n) is 9.55. The molecule has 0 saturated heterocycles. The van der Waals surface area contributed by atoms with Crippen molar-refractivity contribution < 1.29 is 9.53 Å². The Morgan fingerprint density at radius 1 is 0.923 bits per heavy atom. The third-order valence-corrected chi connectivity index (χ3v) is 11.1. The molecular weight excluding hydrogens is 336 g/mol. The van der Waals surface area contributed by atoms with Crippen molar-refractivity contribution >= 4 is 25.3 Å². The van der Waals surface area contributed by atoms with Gasteiger partial charge in [-0.1, -0.05) is 105 Å². The quantitative estimate of drug-likeness (QED) is 0.310. The fraction of sp³-hybridized carbons (Fsp3) is 0.348. The van der Waals surface area contributed by atoms with Crippen molar-refractivity contribution in [3.63, 3.8) is 0 Å². The maximum atomic E-state index is 11.3. The molecule has 2 aromatic carbocycles. The second kappa shape index (κ2) is 9.53. The predicted octanol–water partition coefficient (Wildman–Crippen LogP) is 6.34. The molecule has 26 heavy (non-hydrogen) atoms. The summed E-state index contributed by atoms with van der Waals surface area (Å²) >= 11 is 0. The minimum Gasteiger partial charge on any atom is -0.461 e. The van der Waals surface area contributed by atoms with Crippen molar-refractivity contribution in [2.45, 2.75) is 52.4 Å². The number of benzene rings is 2. The third-order valence-electron chi connectivity index (χ3n) is 5.45. The molecule has 0 atom stereocenters. The number of hydrogen-bond acceptors (Lipinski definition) is 2. The van der Waals surface area contributed by atoms with E-state index < -0.39 is 8.07 Å². The van der Waals surface area contributed by atoms with Gasteiger partial charge >= 0.3 is 5.97 Å². The van der Waals surface area contributed by atoms with Gasteiger partial charge in [0.15, 0.2) is 0 Å². The number of carbonyl (C=O) groups is 1. The fourth-order valence-corrected chi connectivity index (χ4v) is 7.57. The van der Waals surface area contributed by atoms with Gasteiger partial charge in [-0.15, -0.1) is 0 Å². The van der Waals surface area contributed by atoms with Crippen LogP contribution in [0, 0.1) is 0 Å². The smallest absolute Gasteiger partial charge is 0.302 e. The molecule has 0 spiro atoms. The van der Waals surface area contributed by atoms with E-state index in [0.717, 1.165) is 5.56 Å². The SMILES string of the molecule is CC[Si](CC)(CC)/C(=C\c1ccccc1)c1ccccc1COC(C)=O. The zero-order chi connectivity index (χ0) is 19.0. The second-order valence-corrected chi connectivity index (χ2v) is 12.0. The predicted molar refractivity (Wildman–Crippen MR) is 113 cm³/mol. The summed E-state index contributed by atoms with van der Waals surface area (Å²) in [5, 5.41) is 1.47. The molecule has 0 unspecified atom stereocenters. The zero-order valence-electron chi connectivity index (χ0n) is 16.4. The van der Waals surface area contributed by atoms with Crippen molar-refractivity contribution in [3.8, 4) is 0 Å². The Kier molecular flexibility index (Phi) is 7.40. The van der Waals surface area contributed by atoms with Crippen LogP contribution in [0.15, 0.2) is 54.6 Å².